The van der Waals surface area contributed by atoms with Crippen LogP contribution in [0.3, 0.4) is 0 Å². The van der Waals surface area contributed by atoms with E-state index in [0.717, 1.165) is 9.13 Å². The van der Waals surface area contributed by atoms with Crippen molar-refractivity contribution in [3.63, 3.8) is 0 Å². The second-order valence-electron chi connectivity index (χ2n) is 9.55. The summed E-state index contributed by atoms with van der Waals surface area (Å²) in [7, 11) is -4.46. The van der Waals surface area contributed by atoms with Crippen molar-refractivity contribution in [2.45, 2.75) is 63.4 Å². The van der Waals surface area contributed by atoms with Crippen molar-refractivity contribution in [1.29, 1.82) is 0 Å². The number of azide groups is 2. The molecule has 0 aromatic carbocycles. The second kappa shape index (κ2) is 12.9. The number of aromatic amines is 2. The van der Waals surface area contributed by atoms with Crippen LogP contribution < -0.4 is 22.5 Å². The summed E-state index contributed by atoms with van der Waals surface area (Å²) in [4.78, 5) is 57.7. The van der Waals surface area contributed by atoms with Gasteiger partial charge in [0.05, 0.1) is 37.5 Å². The Hall–Kier alpha value is -4.02. The standard InChI is InChI=1S/C21H26FN10O9P/c1-10-5-31(20(35)25-18(10)33)16-3-12(27-29-23)14(40-16)7-38-42(37,9-22)39-8-15-13(28-30-24)4-17(41-15)32-6-11(2)19(34)26-21(32)36/h5-6,12-17H,3-4,7-9H2,1-2H3,(H,25,33,35)(H,26,34,36)/t12-,13+,14+,15-,16+,17-,42?. The maximum absolute atomic E-state index is 13.9. The summed E-state index contributed by atoms with van der Waals surface area (Å²) < 4.78 is 51.2. The van der Waals surface area contributed by atoms with Crippen LogP contribution in [0, 0.1) is 13.8 Å². The molecule has 21 heteroatoms. The van der Waals surface area contributed by atoms with E-state index in [1.807, 2.05) is 0 Å². The summed E-state index contributed by atoms with van der Waals surface area (Å²) in [5.74, 6) is 0. The predicted molar refractivity (Wildman–Crippen MR) is 141 cm³/mol. The summed E-state index contributed by atoms with van der Waals surface area (Å²) in [6.07, 6.45) is -3.09. The van der Waals surface area contributed by atoms with Crippen LogP contribution in [0.1, 0.15) is 36.4 Å². The lowest BCUT2D eigenvalue weighted by Gasteiger charge is -2.22. The predicted octanol–water partition coefficient (Wildman–Crippen LogP) is 1.79. The molecule has 2 aromatic rings. The fourth-order valence-corrected chi connectivity index (χ4v) is 5.49. The highest BCUT2D eigenvalue weighted by Gasteiger charge is 2.41. The number of hydrogen-bond donors (Lipinski definition) is 2. The van der Waals surface area contributed by atoms with E-state index in [2.05, 4.69) is 30.0 Å². The molecule has 42 heavy (non-hydrogen) atoms. The van der Waals surface area contributed by atoms with E-state index in [9.17, 15) is 28.1 Å². The molecule has 2 fully saturated rings. The molecular weight excluding hydrogens is 586 g/mol. The van der Waals surface area contributed by atoms with Crippen LogP contribution in [-0.2, 0) is 23.1 Å². The summed E-state index contributed by atoms with van der Waals surface area (Å²) in [5.41, 5.74) is 15.7. The Labute approximate surface area is 234 Å². The quantitative estimate of drug-likeness (QED) is 0.162. The Morgan fingerprint density at radius 3 is 1.67 bits per heavy atom. The number of nitrogens with zero attached hydrogens (tertiary/aromatic N) is 8. The van der Waals surface area contributed by atoms with E-state index < -0.39 is 86.5 Å². The Morgan fingerprint density at radius 2 is 1.31 bits per heavy atom. The van der Waals surface area contributed by atoms with Crippen molar-refractivity contribution in [1.82, 2.24) is 19.1 Å². The first-order valence-electron chi connectivity index (χ1n) is 12.5. The zero-order valence-corrected chi connectivity index (χ0v) is 23.1. The van der Waals surface area contributed by atoms with Crippen LogP contribution in [0.5, 0.6) is 0 Å². The first kappa shape index (κ1) is 30.9. The molecule has 0 aliphatic carbocycles. The minimum atomic E-state index is -4.46. The molecule has 1 unspecified atom stereocenters. The fourth-order valence-electron chi connectivity index (χ4n) is 4.53. The van der Waals surface area contributed by atoms with E-state index in [-0.39, 0.29) is 24.0 Å². The van der Waals surface area contributed by atoms with Gasteiger partial charge < -0.3 is 18.5 Å². The Balaban J connectivity index is 1.44. The molecule has 226 valence electrons. The smallest absolute Gasteiger partial charge is 0.352 e. The lowest BCUT2D eigenvalue weighted by molar-refractivity contribution is -0.0350. The molecule has 0 amide bonds. The number of aromatic nitrogens is 4. The molecule has 0 saturated carbocycles. The van der Waals surface area contributed by atoms with Crippen LogP contribution in [0.15, 0.2) is 41.8 Å². The summed E-state index contributed by atoms with van der Waals surface area (Å²) in [6.45, 7) is 1.84. The maximum Gasteiger partial charge on any atom is 0.361 e. The van der Waals surface area contributed by atoms with Gasteiger partial charge in [-0.15, -0.1) is 0 Å². The largest absolute Gasteiger partial charge is 0.361 e. The number of aryl methyl sites for hydroxylation is 2. The highest BCUT2D eigenvalue weighted by molar-refractivity contribution is 7.53. The highest BCUT2D eigenvalue weighted by atomic mass is 31.2. The third kappa shape index (κ3) is 6.71. The maximum atomic E-state index is 13.9. The lowest BCUT2D eigenvalue weighted by Crippen LogP contribution is -2.33. The van der Waals surface area contributed by atoms with Crippen LogP contribution in [0.2, 0.25) is 0 Å². The Bertz CT molecular complexity index is 1590. The number of halogens is 1. The van der Waals surface area contributed by atoms with Crippen LogP contribution >= 0.6 is 7.60 Å². The molecule has 2 saturated heterocycles. The molecule has 0 radical (unpaired) electrons. The van der Waals surface area contributed by atoms with E-state index in [4.69, 9.17) is 29.6 Å². The minimum Gasteiger partial charge on any atom is -0.352 e. The first-order valence-corrected chi connectivity index (χ1v) is 14.2. The lowest BCUT2D eigenvalue weighted by atomic mass is 10.1. The van der Waals surface area contributed by atoms with Gasteiger partial charge in [-0.2, -0.15) is 0 Å². The van der Waals surface area contributed by atoms with Gasteiger partial charge in [-0.3, -0.25) is 33.3 Å². The molecule has 7 atom stereocenters. The fraction of sp³-hybridized carbons (Fsp3) is 0.619. The van der Waals surface area contributed by atoms with Gasteiger partial charge in [-0.25, -0.2) is 14.0 Å². The molecule has 2 aliphatic heterocycles. The number of alkyl halides is 1. The van der Waals surface area contributed by atoms with Crippen molar-refractivity contribution in [3.8, 4) is 0 Å². The summed E-state index contributed by atoms with van der Waals surface area (Å²) in [6, 6.07) is -1.81. The van der Waals surface area contributed by atoms with Gasteiger partial charge in [-0.1, -0.05) is 10.2 Å². The SMILES string of the molecule is Cc1cn([C@@H]2C[C@@H](N=[N+]=[N-])[C@H](COP(=O)(CF)OC[C@H]3O[C@@H](n4cc(C)c(=O)[nH]c4=O)C[C@@H]3N=[N+]=[N-])O2)c(=O)[nH]c1=O. The van der Waals surface area contributed by atoms with Gasteiger partial charge >= 0.3 is 19.0 Å². The van der Waals surface area contributed by atoms with E-state index in [0.29, 0.717) is 0 Å². The molecular formula is C21H26FN10O9P. The van der Waals surface area contributed by atoms with Crippen molar-refractivity contribution in [2.75, 3.05) is 19.6 Å². The van der Waals surface area contributed by atoms with E-state index in [1.54, 1.807) is 0 Å². The third-order valence-corrected chi connectivity index (χ3v) is 8.12. The average Bonchev–Trinajstić information content (AvgIpc) is 3.54. The zero-order valence-electron chi connectivity index (χ0n) is 22.2. The van der Waals surface area contributed by atoms with Gasteiger partial charge in [0.15, 0.2) is 6.42 Å². The molecule has 19 nitrogen and oxygen atoms in total. The van der Waals surface area contributed by atoms with Gasteiger partial charge in [0.2, 0.25) is 0 Å². The minimum absolute atomic E-state index is 0.000990. The molecule has 2 aromatic heterocycles. The molecule has 2 aliphatic rings. The number of H-pyrrole nitrogens is 2. The van der Waals surface area contributed by atoms with E-state index in [1.165, 1.54) is 26.2 Å². The third-order valence-electron chi connectivity index (χ3n) is 6.74. The number of rotatable bonds is 11. The van der Waals surface area contributed by atoms with Crippen molar-refractivity contribution >= 4 is 7.60 Å². The van der Waals surface area contributed by atoms with Crippen LogP contribution in [0.25, 0.3) is 20.9 Å². The average molecular weight is 612 g/mol. The Kier molecular flexibility index (Phi) is 9.48. The molecule has 4 rings (SSSR count). The molecule has 0 bridgehead atoms. The molecule has 0 spiro atoms. The first-order chi connectivity index (χ1) is 20.0. The van der Waals surface area contributed by atoms with Crippen LogP contribution in [-0.4, -0.2) is 63.0 Å². The van der Waals surface area contributed by atoms with Crippen LogP contribution in [0.4, 0.5) is 4.39 Å². The second-order valence-corrected chi connectivity index (χ2v) is 11.5. The molecule has 4 heterocycles. The van der Waals surface area contributed by atoms with Crippen molar-refractivity contribution in [3.05, 3.63) is 86.1 Å². The zero-order chi connectivity index (χ0) is 30.6. The normalized spacial score (nSPS) is 26.7. The van der Waals surface area contributed by atoms with Crippen molar-refractivity contribution in [2.24, 2.45) is 10.2 Å². The Morgan fingerprint density at radius 1 is 0.905 bits per heavy atom. The van der Waals surface area contributed by atoms with Crippen molar-refractivity contribution < 1.29 is 27.5 Å². The highest BCUT2D eigenvalue weighted by Crippen LogP contribution is 2.50. The van der Waals surface area contributed by atoms with Gasteiger partial charge in [0.25, 0.3) is 11.1 Å². The number of hydrogen-bond acceptors (Lipinski definition) is 11. The number of nitrogens with one attached hydrogen (secondary N) is 2. The molecule has 2 N–H and O–H groups in total. The topological polar surface area (TPSA) is 261 Å². The van der Waals surface area contributed by atoms with Gasteiger partial charge in [0, 0.05) is 46.2 Å². The summed E-state index contributed by atoms with van der Waals surface area (Å²) >= 11 is 0. The van der Waals surface area contributed by atoms with Gasteiger partial charge in [0.1, 0.15) is 12.5 Å². The monoisotopic (exact) mass is 612 g/mol. The van der Waals surface area contributed by atoms with E-state index >= 15 is 0 Å². The summed E-state index contributed by atoms with van der Waals surface area (Å²) in [5, 5.41) is 7.24. The van der Waals surface area contributed by atoms with Gasteiger partial charge in [-0.05, 0) is 24.9 Å². The number of ether oxygens (including phenoxy) is 2.